The molecule has 0 saturated carbocycles. The van der Waals surface area contributed by atoms with Gasteiger partial charge >= 0.3 is 6.03 Å². The number of ether oxygens (including phenoxy) is 1. The first kappa shape index (κ1) is 13.9. The van der Waals surface area contributed by atoms with E-state index in [1.54, 1.807) is 0 Å². The fraction of sp³-hybridized carbons (Fsp3) is 0.438. The zero-order chi connectivity index (χ0) is 15.0. The van der Waals surface area contributed by atoms with Gasteiger partial charge in [0, 0.05) is 37.2 Å². The Morgan fingerprint density at radius 3 is 2.67 bits per heavy atom. The second-order valence-corrected chi connectivity index (χ2v) is 5.76. The average Bonchev–Trinajstić information content (AvgIpc) is 2.81. The maximum Gasteiger partial charge on any atom is 0.322 e. The summed E-state index contributed by atoms with van der Waals surface area (Å²) >= 11 is 0. The van der Waals surface area contributed by atoms with E-state index in [0.717, 1.165) is 16.6 Å². The van der Waals surface area contributed by atoms with E-state index < -0.39 is 0 Å². The van der Waals surface area contributed by atoms with Crippen molar-refractivity contribution in [1.29, 1.82) is 0 Å². The molecule has 1 aliphatic heterocycles. The predicted octanol–water partition coefficient (Wildman–Crippen LogP) is 2.82. The molecule has 2 aromatic rings. The van der Waals surface area contributed by atoms with E-state index in [9.17, 15) is 4.79 Å². The molecule has 2 amide bonds. The van der Waals surface area contributed by atoms with Crippen molar-refractivity contribution >= 4 is 22.6 Å². The van der Waals surface area contributed by atoms with Gasteiger partial charge in [-0.15, -0.1) is 0 Å². The molecule has 0 bridgehead atoms. The molecule has 1 fully saturated rings. The number of hydrogen-bond donors (Lipinski definition) is 1. The second-order valence-electron chi connectivity index (χ2n) is 5.76. The molecule has 112 valence electrons. The molecule has 1 aromatic carbocycles. The molecule has 5 heteroatoms. The van der Waals surface area contributed by atoms with Gasteiger partial charge in [-0.1, -0.05) is 6.07 Å². The summed E-state index contributed by atoms with van der Waals surface area (Å²) < 4.78 is 7.71. The highest BCUT2D eigenvalue weighted by atomic mass is 16.5. The number of morpholine rings is 1. The number of amides is 2. The van der Waals surface area contributed by atoms with E-state index >= 15 is 0 Å². The number of rotatable bonds is 1. The lowest BCUT2D eigenvalue weighted by molar-refractivity contribution is -0.0530. The van der Waals surface area contributed by atoms with E-state index in [1.807, 2.05) is 60.8 Å². The van der Waals surface area contributed by atoms with Crippen LogP contribution in [0, 0.1) is 0 Å². The van der Waals surface area contributed by atoms with Gasteiger partial charge < -0.3 is 19.5 Å². The lowest BCUT2D eigenvalue weighted by Gasteiger charge is -2.35. The van der Waals surface area contributed by atoms with E-state index in [4.69, 9.17) is 4.74 Å². The van der Waals surface area contributed by atoms with Crippen molar-refractivity contribution in [3.8, 4) is 0 Å². The minimum atomic E-state index is -0.0617. The molecule has 5 nitrogen and oxygen atoms in total. The van der Waals surface area contributed by atoms with Gasteiger partial charge in [0.15, 0.2) is 0 Å². The zero-order valence-corrected chi connectivity index (χ0v) is 12.7. The lowest BCUT2D eigenvalue weighted by atomic mass is 10.2. The molecule has 0 aliphatic carbocycles. The Hall–Kier alpha value is -2.01. The quantitative estimate of drug-likeness (QED) is 0.876. The molecule has 3 rings (SSSR count). The van der Waals surface area contributed by atoms with Gasteiger partial charge in [-0.3, -0.25) is 0 Å². The van der Waals surface area contributed by atoms with Crippen molar-refractivity contribution in [2.45, 2.75) is 26.1 Å². The van der Waals surface area contributed by atoms with Crippen molar-refractivity contribution in [1.82, 2.24) is 9.47 Å². The Bertz CT molecular complexity index is 655. The number of aryl methyl sites for hydroxylation is 1. The topological polar surface area (TPSA) is 46.5 Å². The lowest BCUT2D eigenvalue weighted by Crippen LogP contribution is -2.49. The van der Waals surface area contributed by atoms with Gasteiger partial charge in [-0.05, 0) is 32.0 Å². The van der Waals surface area contributed by atoms with Crippen LogP contribution >= 0.6 is 0 Å². The van der Waals surface area contributed by atoms with Gasteiger partial charge in [0.25, 0.3) is 0 Å². The van der Waals surface area contributed by atoms with Crippen LogP contribution in [0.1, 0.15) is 13.8 Å². The standard InChI is InChI=1S/C16H21N3O2/c1-11-9-19(10-12(2)21-11)16(20)17-14-5-4-6-15-13(14)7-8-18(15)3/h4-8,11-12H,9-10H2,1-3H3,(H,17,20)/t11-,12+. The molecule has 2 atom stereocenters. The third-order valence-electron chi connectivity index (χ3n) is 3.88. The molecule has 0 spiro atoms. The number of carbonyl (C=O) groups excluding carboxylic acids is 1. The Balaban J connectivity index is 1.80. The highest BCUT2D eigenvalue weighted by Crippen LogP contribution is 2.24. The van der Waals surface area contributed by atoms with E-state index in [-0.39, 0.29) is 18.2 Å². The largest absolute Gasteiger partial charge is 0.372 e. The van der Waals surface area contributed by atoms with Crippen LogP contribution in [0.15, 0.2) is 30.5 Å². The Morgan fingerprint density at radius 1 is 1.24 bits per heavy atom. The summed E-state index contributed by atoms with van der Waals surface area (Å²) in [6.07, 6.45) is 2.15. The number of nitrogens with zero attached hydrogens (tertiary/aromatic N) is 2. The van der Waals surface area contributed by atoms with E-state index in [0.29, 0.717) is 13.1 Å². The molecule has 1 aromatic heterocycles. The number of nitrogens with one attached hydrogen (secondary N) is 1. The molecule has 1 N–H and O–H groups in total. The first-order valence-electron chi connectivity index (χ1n) is 7.30. The van der Waals surface area contributed by atoms with Crippen molar-refractivity contribution in [2.75, 3.05) is 18.4 Å². The fourth-order valence-electron chi connectivity index (χ4n) is 2.95. The molecular weight excluding hydrogens is 266 g/mol. The highest BCUT2D eigenvalue weighted by Gasteiger charge is 2.26. The molecular formula is C16H21N3O2. The number of carbonyl (C=O) groups is 1. The van der Waals surface area contributed by atoms with Gasteiger partial charge in [0.1, 0.15) is 0 Å². The van der Waals surface area contributed by atoms with Crippen LogP contribution in [0.25, 0.3) is 10.9 Å². The minimum Gasteiger partial charge on any atom is -0.372 e. The summed E-state index contributed by atoms with van der Waals surface area (Å²) in [6, 6.07) is 7.91. The summed E-state index contributed by atoms with van der Waals surface area (Å²) in [5.74, 6) is 0. The maximum atomic E-state index is 12.5. The van der Waals surface area contributed by atoms with Crippen molar-refractivity contribution in [3.05, 3.63) is 30.5 Å². The van der Waals surface area contributed by atoms with Crippen molar-refractivity contribution < 1.29 is 9.53 Å². The molecule has 1 aliphatic rings. The Kier molecular flexibility index (Phi) is 3.59. The van der Waals surface area contributed by atoms with Crippen LogP contribution in [-0.2, 0) is 11.8 Å². The van der Waals surface area contributed by atoms with E-state index in [1.165, 1.54) is 0 Å². The van der Waals surface area contributed by atoms with Crippen molar-refractivity contribution in [3.63, 3.8) is 0 Å². The minimum absolute atomic E-state index is 0.0617. The molecule has 0 radical (unpaired) electrons. The van der Waals surface area contributed by atoms with Gasteiger partial charge in [0.05, 0.1) is 17.9 Å². The number of fused-ring (bicyclic) bond motifs is 1. The van der Waals surface area contributed by atoms with Crippen LogP contribution < -0.4 is 5.32 Å². The molecule has 2 heterocycles. The third kappa shape index (κ3) is 2.74. The number of anilines is 1. The molecule has 0 unspecified atom stereocenters. The number of aromatic nitrogens is 1. The van der Waals surface area contributed by atoms with Gasteiger partial charge in [-0.2, -0.15) is 0 Å². The molecule has 21 heavy (non-hydrogen) atoms. The molecule has 1 saturated heterocycles. The van der Waals surface area contributed by atoms with Crippen LogP contribution in [0.3, 0.4) is 0 Å². The summed E-state index contributed by atoms with van der Waals surface area (Å²) in [4.78, 5) is 14.3. The predicted molar refractivity (Wildman–Crippen MR) is 83.5 cm³/mol. The number of hydrogen-bond acceptors (Lipinski definition) is 2. The van der Waals surface area contributed by atoms with Crippen molar-refractivity contribution in [2.24, 2.45) is 7.05 Å². The van der Waals surface area contributed by atoms with Gasteiger partial charge in [-0.25, -0.2) is 4.79 Å². The summed E-state index contributed by atoms with van der Waals surface area (Å²) in [7, 11) is 2.00. The van der Waals surface area contributed by atoms with Crippen LogP contribution in [0.5, 0.6) is 0 Å². The van der Waals surface area contributed by atoms with Crippen LogP contribution in [-0.4, -0.2) is 40.8 Å². The van der Waals surface area contributed by atoms with Gasteiger partial charge in [0.2, 0.25) is 0 Å². The monoisotopic (exact) mass is 287 g/mol. The number of urea groups is 1. The Labute approximate surface area is 124 Å². The Morgan fingerprint density at radius 2 is 1.95 bits per heavy atom. The van der Waals surface area contributed by atoms with E-state index in [2.05, 4.69) is 5.32 Å². The fourth-order valence-corrected chi connectivity index (χ4v) is 2.95. The zero-order valence-electron chi connectivity index (χ0n) is 12.7. The summed E-state index contributed by atoms with van der Waals surface area (Å²) in [6.45, 7) is 5.24. The first-order chi connectivity index (χ1) is 10.0. The summed E-state index contributed by atoms with van der Waals surface area (Å²) in [5.41, 5.74) is 1.96. The van der Waals surface area contributed by atoms with Crippen LogP contribution in [0.4, 0.5) is 10.5 Å². The second kappa shape index (κ2) is 5.41. The number of benzene rings is 1. The smallest absolute Gasteiger partial charge is 0.322 e. The normalized spacial score (nSPS) is 22.5. The highest BCUT2D eigenvalue weighted by molar-refractivity contribution is 6.00. The van der Waals surface area contributed by atoms with Crippen LogP contribution in [0.2, 0.25) is 0 Å². The summed E-state index contributed by atoms with van der Waals surface area (Å²) in [5, 5.41) is 4.09. The SMILES string of the molecule is C[C@@H]1CN(C(=O)Nc2cccc3c2ccn3C)C[C@H](C)O1. The average molecular weight is 287 g/mol. The first-order valence-corrected chi connectivity index (χ1v) is 7.30. The maximum absolute atomic E-state index is 12.5. The third-order valence-corrected chi connectivity index (χ3v) is 3.88.